The smallest absolute Gasteiger partial charge is 0.353 e. The molecule has 0 aliphatic carbocycles. The molecule has 0 spiro atoms. The van der Waals surface area contributed by atoms with Crippen LogP contribution in [0.4, 0.5) is 4.79 Å². The first-order valence-electron chi connectivity index (χ1n) is 11.8. The van der Waals surface area contributed by atoms with Gasteiger partial charge in [-0.3, -0.25) is 14.5 Å². The number of hydrogen-bond acceptors (Lipinski definition) is 8. The highest BCUT2D eigenvalue weighted by Gasteiger charge is 2.35. The number of hydrogen-bond donors (Lipinski definition) is 0. The van der Waals surface area contributed by atoms with E-state index in [-0.39, 0.29) is 40.9 Å². The van der Waals surface area contributed by atoms with Crippen molar-refractivity contribution in [2.75, 3.05) is 20.3 Å². The van der Waals surface area contributed by atoms with E-state index < -0.39 is 5.97 Å². The minimum atomic E-state index is -0.499. The van der Waals surface area contributed by atoms with Crippen molar-refractivity contribution in [3.63, 3.8) is 0 Å². The third kappa shape index (κ3) is 6.31. The molecule has 0 bridgehead atoms. The van der Waals surface area contributed by atoms with Gasteiger partial charge in [-0.2, -0.15) is 0 Å². The standard InChI is InChI=1S/C28H26BrNO6S2/c1-16(2)19-8-7-17(3)12-21(19)35-10-9-30-26(31)24(38-28(30)33)15-18-13-20(29)25(22(14-18)34-4)36-27(32)23-6-5-11-37-23/h5-8,11-16H,9-10H2,1-4H3/b24-15-. The first-order chi connectivity index (χ1) is 18.2. The summed E-state index contributed by atoms with van der Waals surface area (Å²) in [5.74, 6) is 0.695. The Hall–Kier alpha value is -3.08. The number of carbonyl (C=O) groups is 3. The van der Waals surface area contributed by atoms with Crippen LogP contribution in [0.5, 0.6) is 17.2 Å². The van der Waals surface area contributed by atoms with Crippen molar-refractivity contribution in [1.29, 1.82) is 0 Å². The van der Waals surface area contributed by atoms with Crippen molar-refractivity contribution in [3.05, 3.63) is 78.8 Å². The summed E-state index contributed by atoms with van der Waals surface area (Å²) < 4.78 is 17.4. The Kier molecular flexibility index (Phi) is 8.96. The largest absolute Gasteiger partial charge is 0.493 e. The Bertz CT molecular complexity index is 1400. The third-order valence-corrected chi connectivity index (χ3v) is 8.05. The van der Waals surface area contributed by atoms with E-state index in [9.17, 15) is 14.4 Å². The number of rotatable bonds is 9. The molecular formula is C28H26BrNO6S2. The molecule has 0 N–H and O–H groups in total. The van der Waals surface area contributed by atoms with Gasteiger partial charge in [0.25, 0.3) is 11.1 Å². The second kappa shape index (κ2) is 12.2. The Morgan fingerprint density at radius 3 is 2.61 bits per heavy atom. The first kappa shape index (κ1) is 27.9. The summed E-state index contributed by atoms with van der Waals surface area (Å²) in [6.07, 6.45) is 1.61. The Labute approximate surface area is 237 Å². The topological polar surface area (TPSA) is 82.1 Å². The van der Waals surface area contributed by atoms with E-state index >= 15 is 0 Å². The fourth-order valence-corrected chi connectivity index (χ4v) is 5.80. The summed E-state index contributed by atoms with van der Waals surface area (Å²) in [4.78, 5) is 40.0. The Morgan fingerprint density at radius 1 is 1.13 bits per heavy atom. The lowest BCUT2D eigenvalue weighted by molar-refractivity contribution is -0.123. The van der Waals surface area contributed by atoms with Crippen molar-refractivity contribution < 1.29 is 28.6 Å². The molecule has 38 heavy (non-hydrogen) atoms. The van der Waals surface area contributed by atoms with Crippen LogP contribution >= 0.6 is 39.0 Å². The number of benzene rings is 2. The molecule has 198 valence electrons. The van der Waals surface area contributed by atoms with Gasteiger partial charge in [-0.25, -0.2) is 4.79 Å². The Morgan fingerprint density at radius 2 is 1.92 bits per heavy atom. The van der Waals surface area contributed by atoms with Crippen LogP contribution in [0, 0.1) is 6.92 Å². The molecule has 1 saturated heterocycles. The predicted molar refractivity (Wildman–Crippen MR) is 153 cm³/mol. The zero-order valence-corrected chi connectivity index (χ0v) is 24.5. The van der Waals surface area contributed by atoms with Gasteiger partial charge in [-0.05, 0) is 92.9 Å². The van der Waals surface area contributed by atoms with E-state index in [1.165, 1.54) is 23.3 Å². The van der Waals surface area contributed by atoms with Crippen LogP contribution in [0.25, 0.3) is 6.08 Å². The molecule has 1 fully saturated rings. The van der Waals surface area contributed by atoms with Gasteiger partial charge in [0.05, 0.1) is 23.0 Å². The number of esters is 1. The molecule has 3 aromatic rings. The van der Waals surface area contributed by atoms with E-state index in [1.54, 1.807) is 35.7 Å². The monoisotopic (exact) mass is 615 g/mol. The van der Waals surface area contributed by atoms with E-state index in [2.05, 4.69) is 29.8 Å². The fourth-order valence-electron chi connectivity index (χ4n) is 3.79. The highest BCUT2D eigenvalue weighted by molar-refractivity contribution is 9.10. The number of thiophene rings is 1. The van der Waals surface area contributed by atoms with Crippen LogP contribution in [-0.2, 0) is 4.79 Å². The zero-order valence-electron chi connectivity index (χ0n) is 21.3. The first-order valence-corrected chi connectivity index (χ1v) is 14.3. The molecule has 1 aliphatic heterocycles. The minimum Gasteiger partial charge on any atom is -0.493 e. The lowest BCUT2D eigenvalue weighted by atomic mass is 10.0. The molecule has 0 unspecified atom stereocenters. The number of carbonyl (C=O) groups excluding carboxylic acids is 3. The van der Waals surface area contributed by atoms with E-state index in [0.717, 1.165) is 28.6 Å². The molecule has 4 rings (SSSR count). The van der Waals surface area contributed by atoms with E-state index in [0.29, 0.717) is 20.7 Å². The van der Waals surface area contributed by atoms with Crippen molar-refractivity contribution in [3.8, 4) is 17.2 Å². The van der Waals surface area contributed by atoms with Gasteiger partial charge in [0.2, 0.25) is 0 Å². The normalized spacial score (nSPS) is 14.5. The maximum Gasteiger partial charge on any atom is 0.353 e. The molecule has 0 saturated carbocycles. The summed E-state index contributed by atoms with van der Waals surface area (Å²) in [5.41, 5.74) is 2.76. The maximum absolute atomic E-state index is 13.0. The van der Waals surface area contributed by atoms with Crippen LogP contribution in [0.1, 0.15) is 46.1 Å². The maximum atomic E-state index is 13.0. The van der Waals surface area contributed by atoms with Gasteiger partial charge in [0.15, 0.2) is 11.5 Å². The number of aryl methyl sites for hydroxylation is 1. The van der Waals surface area contributed by atoms with Crippen LogP contribution in [0.15, 0.2) is 57.2 Å². The minimum absolute atomic E-state index is 0.137. The molecule has 1 aromatic heterocycles. The summed E-state index contributed by atoms with van der Waals surface area (Å²) in [5, 5.41) is 1.43. The SMILES string of the molecule is COc1cc(/C=C2\SC(=O)N(CCOc3cc(C)ccc3C(C)C)C2=O)cc(Br)c1OC(=O)c1cccs1. The summed E-state index contributed by atoms with van der Waals surface area (Å²) in [6.45, 7) is 6.50. The number of amides is 2. The van der Waals surface area contributed by atoms with Crippen molar-refractivity contribution in [2.24, 2.45) is 0 Å². The molecule has 2 amide bonds. The van der Waals surface area contributed by atoms with Crippen molar-refractivity contribution in [1.82, 2.24) is 4.90 Å². The zero-order chi connectivity index (χ0) is 27.4. The lowest BCUT2D eigenvalue weighted by Gasteiger charge is -2.17. The number of methoxy groups -OCH3 is 1. The summed E-state index contributed by atoms with van der Waals surface area (Å²) in [6, 6.07) is 12.8. The average molecular weight is 617 g/mol. The molecule has 0 atom stereocenters. The van der Waals surface area contributed by atoms with Gasteiger partial charge < -0.3 is 14.2 Å². The van der Waals surface area contributed by atoms with Crippen LogP contribution in [0.2, 0.25) is 0 Å². The number of ether oxygens (including phenoxy) is 3. The fraction of sp³-hybridized carbons (Fsp3) is 0.250. The quantitative estimate of drug-likeness (QED) is 0.142. The van der Waals surface area contributed by atoms with Gasteiger partial charge in [-0.15, -0.1) is 11.3 Å². The highest BCUT2D eigenvalue weighted by Crippen LogP contribution is 2.39. The molecule has 0 radical (unpaired) electrons. The molecule has 7 nitrogen and oxygen atoms in total. The third-order valence-electron chi connectivity index (χ3n) is 5.70. The molecule has 2 aromatic carbocycles. The summed E-state index contributed by atoms with van der Waals surface area (Å²) in [7, 11) is 1.46. The number of imide groups is 1. The number of thioether (sulfide) groups is 1. The molecular weight excluding hydrogens is 590 g/mol. The van der Waals surface area contributed by atoms with Gasteiger partial charge in [0, 0.05) is 0 Å². The predicted octanol–water partition coefficient (Wildman–Crippen LogP) is 7.29. The van der Waals surface area contributed by atoms with Crippen LogP contribution < -0.4 is 14.2 Å². The van der Waals surface area contributed by atoms with Gasteiger partial charge in [0.1, 0.15) is 17.2 Å². The summed E-state index contributed by atoms with van der Waals surface area (Å²) >= 11 is 5.57. The molecule has 2 heterocycles. The Balaban J connectivity index is 1.46. The second-order valence-electron chi connectivity index (χ2n) is 8.78. The average Bonchev–Trinajstić information content (AvgIpc) is 3.50. The van der Waals surface area contributed by atoms with Crippen molar-refractivity contribution >= 4 is 62.2 Å². The van der Waals surface area contributed by atoms with Crippen LogP contribution in [-0.4, -0.2) is 42.3 Å². The lowest BCUT2D eigenvalue weighted by Crippen LogP contribution is -2.32. The molecule has 1 aliphatic rings. The molecule has 10 heteroatoms. The van der Waals surface area contributed by atoms with Crippen molar-refractivity contribution in [2.45, 2.75) is 26.7 Å². The number of halogens is 1. The van der Waals surface area contributed by atoms with Gasteiger partial charge in [-0.1, -0.05) is 32.0 Å². The second-order valence-corrected chi connectivity index (χ2v) is 11.6. The van der Waals surface area contributed by atoms with Gasteiger partial charge >= 0.3 is 5.97 Å². The van der Waals surface area contributed by atoms with E-state index in [4.69, 9.17) is 14.2 Å². The van der Waals surface area contributed by atoms with E-state index in [1.807, 2.05) is 25.1 Å². The highest BCUT2D eigenvalue weighted by atomic mass is 79.9. The number of nitrogens with zero attached hydrogens (tertiary/aromatic N) is 1. The van der Waals surface area contributed by atoms with Crippen LogP contribution in [0.3, 0.4) is 0 Å².